The molecule has 3 rings (SSSR count). The fourth-order valence-corrected chi connectivity index (χ4v) is 3.95. The minimum absolute atomic E-state index is 1.02. The van der Waals surface area contributed by atoms with E-state index >= 15 is 0 Å². The Morgan fingerprint density at radius 2 is 1.28 bits per heavy atom. The third-order valence-corrected chi connectivity index (χ3v) is 5.45. The summed E-state index contributed by atoms with van der Waals surface area (Å²) in [4.78, 5) is 0. The second-order valence-corrected chi connectivity index (χ2v) is 6.75. The van der Waals surface area contributed by atoms with E-state index in [0.29, 0.717) is 0 Å². The molecule has 0 radical (unpaired) electrons. The van der Waals surface area contributed by atoms with Gasteiger partial charge in [-0.3, -0.25) is 0 Å². The number of benzene rings is 1. The van der Waals surface area contributed by atoms with Gasteiger partial charge >= 0.3 is 0 Å². The Balaban J connectivity index is 0.000000138. The Hall–Kier alpha value is -0.780. The van der Waals surface area contributed by atoms with Crippen molar-refractivity contribution in [3.63, 3.8) is 0 Å². The first-order valence-electron chi connectivity index (χ1n) is 7.52. The van der Waals surface area contributed by atoms with E-state index in [1.54, 1.807) is 6.42 Å². The van der Waals surface area contributed by atoms with Crippen LogP contribution in [0.5, 0.6) is 0 Å². The highest BCUT2D eigenvalue weighted by Gasteiger charge is 2.46. The summed E-state index contributed by atoms with van der Waals surface area (Å²) in [6, 6.07) is 8.48. The van der Waals surface area contributed by atoms with Crippen LogP contribution in [-0.2, 0) is 0 Å². The molecule has 0 N–H and O–H groups in total. The van der Waals surface area contributed by atoms with Gasteiger partial charge in [0.25, 0.3) is 0 Å². The minimum Gasteiger partial charge on any atom is -0.0622 e. The zero-order valence-electron chi connectivity index (χ0n) is 12.6. The molecule has 0 aromatic heterocycles. The molecule has 0 heterocycles. The average molecular weight is 244 g/mol. The van der Waals surface area contributed by atoms with Crippen LogP contribution in [0.3, 0.4) is 0 Å². The zero-order valence-corrected chi connectivity index (χ0v) is 12.6. The molecule has 0 amide bonds. The molecule has 0 heteroatoms. The van der Waals surface area contributed by atoms with E-state index in [2.05, 4.69) is 58.9 Å². The maximum atomic E-state index is 2.45. The molecule has 100 valence electrons. The smallest absolute Gasteiger partial charge is 0.0357 e. The molecule has 0 aliphatic heterocycles. The number of hydrogen-bond acceptors (Lipinski definition) is 0. The van der Waals surface area contributed by atoms with Crippen LogP contribution in [0.4, 0.5) is 0 Å². The van der Waals surface area contributed by atoms with Crippen LogP contribution in [0.15, 0.2) is 24.3 Å². The lowest BCUT2D eigenvalue weighted by Gasteiger charge is -2.29. The summed E-state index contributed by atoms with van der Waals surface area (Å²) in [5.41, 5.74) is 2.66. The fourth-order valence-electron chi connectivity index (χ4n) is 3.95. The summed E-state index contributed by atoms with van der Waals surface area (Å²) < 4.78 is 0. The van der Waals surface area contributed by atoms with Gasteiger partial charge in [0, 0.05) is 0 Å². The van der Waals surface area contributed by atoms with Gasteiger partial charge in [-0.2, -0.15) is 0 Å². The third-order valence-electron chi connectivity index (χ3n) is 5.45. The van der Waals surface area contributed by atoms with Gasteiger partial charge in [-0.05, 0) is 56.3 Å². The normalized spacial score (nSPS) is 37.3. The highest BCUT2D eigenvalue weighted by atomic mass is 14.5. The van der Waals surface area contributed by atoms with Crippen molar-refractivity contribution in [1.29, 1.82) is 0 Å². The largest absolute Gasteiger partial charge is 0.0622 e. The summed E-state index contributed by atoms with van der Waals surface area (Å²) in [7, 11) is 0. The Kier molecular flexibility index (Phi) is 4.14. The summed E-state index contributed by atoms with van der Waals surface area (Å²) >= 11 is 0. The van der Waals surface area contributed by atoms with Crippen LogP contribution in [0, 0.1) is 43.4 Å². The van der Waals surface area contributed by atoms with E-state index in [1.807, 2.05) is 0 Å². The predicted molar refractivity (Wildman–Crippen MR) is 79.6 cm³/mol. The molecule has 2 bridgehead atoms. The summed E-state index contributed by atoms with van der Waals surface area (Å²) in [6.07, 6.45) is 3.07. The second kappa shape index (κ2) is 5.47. The Labute approximate surface area is 113 Å². The van der Waals surface area contributed by atoms with Crippen LogP contribution < -0.4 is 0 Å². The van der Waals surface area contributed by atoms with E-state index in [-0.39, 0.29) is 0 Å². The summed E-state index contributed by atoms with van der Waals surface area (Å²) in [6.45, 7) is 11.5. The van der Waals surface area contributed by atoms with Crippen LogP contribution >= 0.6 is 0 Å². The number of hydrogen-bond donors (Lipinski definition) is 0. The Bertz CT molecular complexity index is 353. The predicted octanol–water partition coefficient (Wildman–Crippen LogP) is 5.24. The van der Waals surface area contributed by atoms with E-state index in [0.717, 1.165) is 29.6 Å². The van der Waals surface area contributed by atoms with Gasteiger partial charge in [0.05, 0.1) is 0 Å². The lowest BCUT2D eigenvalue weighted by molar-refractivity contribution is 0.201. The molecule has 0 nitrogen and oxygen atoms in total. The quantitative estimate of drug-likeness (QED) is 0.585. The Morgan fingerprint density at radius 3 is 1.61 bits per heavy atom. The summed E-state index contributed by atoms with van der Waals surface area (Å²) in [5, 5.41) is 0. The monoisotopic (exact) mass is 244 g/mol. The topological polar surface area (TPSA) is 0 Å². The molecule has 0 saturated heterocycles. The molecular formula is C18H28. The van der Waals surface area contributed by atoms with Gasteiger partial charge in [-0.1, -0.05) is 56.2 Å². The number of aryl methyl sites for hydroxylation is 2. The van der Waals surface area contributed by atoms with Crippen molar-refractivity contribution in [3.05, 3.63) is 35.4 Å². The van der Waals surface area contributed by atoms with Crippen LogP contribution in [-0.4, -0.2) is 0 Å². The highest BCUT2D eigenvalue weighted by Crippen LogP contribution is 2.54. The van der Waals surface area contributed by atoms with Crippen molar-refractivity contribution in [1.82, 2.24) is 0 Å². The Morgan fingerprint density at radius 1 is 0.778 bits per heavy atom. The van der Waals surface area contributed by atoms with Crippen molar-refractivity contribution in [2.24, 2.45) is 29.6 Å². The first-order valence-corrected chi connectivity index (χ1v) is 7.52. The fraction of sp³-hybridized carbons (Fsp3) is 0.667. The van der Waals surface area contributed by atoms with Crippen molar-refractivity contribution in [3.8, 4) is 0 Å². The lowest BCUT2D eigenvalue weighted by Crippen LogP contribution is -2.22. The average Bonchev–Trinajstić information content (AvgIpc) is 2.84. The lowest BCUT2D eigenvalue weighted by atomic mass is 9.77. The molecule has 0 spiro atoms. The first-order chi connectivity index (χ1) is 8.49. The maximum absolute atomic E-state index is 2.45. The van der Waals surface area contributed by atoms with Crippen LogP contribution in [0.2, 0.25) is 0 Å². The van der Waals surface area contributed by atoms with Crippen molar-refractivity contribution < 1.29 is 0 Å². The SMILES string of the molecule is CC1CC2CC1C(C)C2C.Cc1ccc(C)cc1. The molecule has 18 heavy (non-hydrogen) atoms. The van der Waals surface area contributed by atoms with Gasteiger partial charge in [-0.25, -0.2) is 0 Å². The summed E-state index contributed by atoms with van der Waals surface area (Å²) in [5.74, 6) is 5.26. The van der Waals surface area contributed by atoms with Gasteiger partial charge in [0.2, 0.25) is 0 Å². The third kappa shape index (κ3) is 2.79. The van der Waals surface area contributed by atoms with Gasteiger partial charge in [-0.15, -0.1) is 0 Å². The van der Waals surface area contributed by atoms with E-state index < -0.39 is 0 Å². The maximum Gasteiger partial charge on any atom is -0.0357 e. The second-order valence-electron chi connectivity index (χ2n) is 6.75. The molecule has 2 aliphatic rings. The molecule has 1 aromatic carbocycles. The molecule has 5 atom stereocenters. The van der Waals surface area contributed by atoms with E-state index in [4.69, 9.17) is 0 Å². The standard InChI is InChI=1S/C10H18.C8H10/c1-6-4-9-5-10(6)8(3)7(9)2;1-7-3-5-8(2)6-4-7/h6-10H,4-5H2,1-3H3;3-6H,1-2H3. The number of rotatable bonds is 0. The molecule has 5 unspecified atom stereocenters. The van der Waals surface area contributed by atoms with Gasteiger partial charge in [0.15, 0.2) is 0 Å². The van der Waals surface area contributed by atoms with Crippen molar-refractivity contribution >= 4 is 0 Å². The molecular weight excluding hydrogens is 216 g/mol. The number of fused-ring (bicyclic) bond motifs is 2. The van der Waals surface area contributed by atoms with Gasteiger partial charge < -0.3 is 0 Å². The molecule has 2 saturated carbocycles. The van der Waals surface area contributed by atoms with Crippen LogP contribution in [0.25, 0.3) is 0 Å². The molecule has 1 aromatic rings. The molecule has 2 aliphatic carbocycles. The molecule has 2 fully saturated rings. The van der Waals surface area contributed by atoms with Crippen molar-refractivity contribution in [2.75, 3.05) is 0 Å². The van der Waals surface area contributed by atoms with Crippen molar-refractivity contribution in [2.45, 2.75) is 47.5 Å². The highest BCUT2D eigenvalue weighted by molar-refractivity contribution is 5.19. The van der Waals surface area contributed by atoms with Gasteiger partial charge in [0.1, 0.15) is 0 Å². The first kappa shape index (κ1) is 13.6. The van der Waals surface area contributed by atoms with Crippen LogP contribution in [0.1, 0.15) is 44.7 Å². The zero-order chi connectivity index (χ0) is 13.3. The van der Waals surface area contributed by atoms with E-state index in [1.165, 1.54) is 17.5 Å². The van der Waals surface area contributed by atoms with E-state index in [9.17, 15) is 0 Å². The minimum atomic E-state index is 1.02.